The van der Waals surface area contributed by atoms with E-state index >= 15 is 0 Å². The summed E-state index contributed by atoms with van der Waals surface area (Å²) in [6.45, 7) is 1.49. The lowest BCUT2D eigenvalue weighted by molar-refractivity contribution is -0.137. The van der Waals surface area contributed by atoms with Gasteiger partial charge < -0.3 is 10.4 Å². The van der Waals surface area contributed by atoms with Gasteiger partial charge in [0.05, 0.1) is 16.6 Å². The van der Waals surface area contributed by atoms with Crippen molar-refractivity contribution < 1.29 is 14.7 Å². The molecular formula is C17H12Cl3NO3. The van der Waals surface area contributed by atoms with Crippen LogP contribution in [0.4, 0.5) is 5.69 Å². The molecule has 0 fully saturated rings. The second-order valence-corrected chi connectivity index (χ2v) is 6.90. The van der Waals surface area contributed by atoms with Gasteiger partial charge in [-0.25, -0.2) is 0 Å². The highest BCUT2D eigenvalue weighted by molar-refractivity contribution is 6.38. The van der Waals surface area contributed by atoms with Gasteiger partial charge in [0, 0.05) is 21.2 Å². The second-order valence-electron chi connectivity index (χ2n) is 5.62. The predicted octanol–water partition coefficient (Wildman–Crippen LogP) is 4.31. The standard InChI is InChI=1S/C17H12Cl3NO3/c1-8(15(22)9-2-4-10(18)5-3-9)17(24)12-6-11(19)7-13(20)14(12)21-16(17)23/h2-8,24H,1H3,(H,21,23)/t8-,17-/m0/s1. The first-order valence-electron chi connectivity index (χ1n) is 7.08. The lowest BCUT2D eigenvalue weighted by atomic mass is 9.79. The first-order chi connectivity index (χ1) is 11.2. The third-order valence-corrected chi connectivity index (χ3v) is 4.97. The average molecular weight is 385 g/mol. The normalized spacial score (nSPS) is 20.5. The third kappa shape index (κ3) is 2.60. The number of anilines is 1. The molecule has 0 saturated carbocycles. The first kappa shape index (κ1) is 17.2. The first-order valence-corrected chi connectivity index (χ1v) is 8.21. The highest BCUT2D eigenvalue weighted by Crippen LogP contribution is 2.46. The fourth-order valence-electron chi connectivity index (χ4n) is 2.82. The number of hydrogen-bond acceptors (Lipinski definition) is 3. The molecule has 2 aromatic rings. The van der Waals surface area contributed by atoms with Crippen LogP contribution in [0.5, 0.6) is 0 Å². The van der Waals surface area contributed by atoms with Gasteiger partial charge in [-0.2, -0.15) is 0 Å². The number of aliphatic hydroxyl groups is 1. The molecule has 2 aromatic carbocycles. The van der Waals surface area contributed by atoms with Gasteiger partial charge >= 0.3 is 0 Å². The Bertz CT molecular complexity index is 851. The van der Waals surface area contributed by atoms with Crippen LogP contribution in [0.3, 0.4) is 0 Å². The number of hydrogen-bond donors (Lipinski definition) is 2. The minimum atomic E-state index is -2.05. The molecule has 124 valence electrons. The summed E-state index contributed by atoms with van der Waals surface area (Å²) in [6, 6.07) is 9.13. The van der Waals surface area contributed by atoms with Crippen LogP contribution in [-0.2, 0) is 10.4 Å². The molecule has 0 aliphatic carbocycles. The number of amides is 1. The Hall–Kier alpha value is -1.59. The lowest BCUT2D eigenvalue weighted by Gasteiger charge is -2.27. The summed E-state index contributed by atoms with van der Waals surface area (Å²) in [5, 5.41) is 14.5. The SMILES string of the molecule is C[C@@H](C(=O)c1ccc(Cl)cc1)[C@@]1(O)C(=O)Nc2c(Cl)cc(Cl)cc21. The molecule has 0 aromatic heterocycles. The zero-order valence-electron chi connectivity index (χ0n) is 12.4. The number of nitrogens with one attached hydrogen (secondary N) is 1. The summed E-state index contributed by atoms with van der Waals surface area (Å²) >= 11 is 17.9. The van der Waals surface area contributed by atoms with E-state index < -0.39 is 23.2 Å². The smallest absolute Gasteiger partial charge is 0.261 e. The van der Waals surface area contributed by atoms with Crippen LogP contribution in [0.25, 0.3) is 0 Å². The largest absolute Gasteiger partial charge is 0.375 e. The maximum atomic E-state index is 12.7. The van der Waals surface area contributed by atoms with Gasteiger partial charge in [-0.05, 0) is 36.4 Å². The Morgan fingerprint density at radius 3 is 2.38 bits per heavy atom. The summed E-state index contributed by atoms with van der Waals surface area (Å²) in [6.07, 6.45) is 0. The summed E-state index contributed by atoms with van der Waals surface area (Å²) < 4.78 is 0. The molecule has 1 heterocycles. The number of ketones is 1. The molecule has 0 saturated heterocycles. The molecule has 24 heavy (non-hydrogen) atoms. The van der Waals surface area contributed by atoms with Gasteiger partial charge in [-0.3, -0.25) is 9.59 Å². The zero-order chi connectivity index (χ0) is 17.6. The molecule has 3 rings (SSSR count). The number of rotatable bonds is 3. The monoisotopic (exact) mass is 383 g/mol. The minimum absolute atomic E-state index is 0.194. The van der Waals surface area contributed by atoms with E-state index in [-0.39, 0.29) is 21.3 Å². The Balaban J connectivity index is 2.06. The molecule has 2 N–H and O–H groups in total. The summed E-state index contributed by atoms with van der Waals surface area (Å²) in [5.74, 6) is -2.15. The van der Waals surface area contributed by atoms with Gasteiger partial charge in [0.1, 0.15) is 0 Å². The number of benzene rings is 2. The summed E-state index contributed by atoms with van der Waals surface area (Å²) in [4.78, 5) is 25.1. The highest BCUT2D eigenvalue weighted by Gasteiger charge is 2.52. The van der Waals surface area contributed by atoms with Gasteiger partial charge in [-0.15, -0.1) is 0 Å². The maximum Gasteiger partial charge on any atom is 0.261 e. The lowest BCUT2D eigenvalue weighted by Crippen LogP contribution is -2.44. The summed E-state index contributed by atoms with van der Waals surface area (Å²) in [7, 11) is 0. The van der Waals surface area contributed by atoms with Crippen LogP contribution < -0.4 is 5.32 Å². The molecule has 1 aliphatic rings. The van der Waals surface area contributed by atoms with Crippen molar-refractivity contribution in [3.63, 3.8) is 0 Å². The van der Waals surface area contributed by atoms with Crippen LogP contribution in [-0.4, -0.2) is 16.8 Å². The van der Waals surface area contributed by atoms with Crippen LogP contribution in [0.2, 0.25) is 15.1 Å². The molecule has 0 unspecified atom stereocenters. The molecule has 1 aliphatic heterocycles. The predicted molar refractivity (Wildman–Crippen MR) is 93.9 cm³/mol. The van der Waals surface area contributed by atoms with E-state index in [1.807, 2.05) is 0 Å². The molecular weight excluding hydrogens is 373 g/mol. The van der Waals surface area contributed by atoms with E-state index in [1.54, 1.807) is 24.3 Å². The van der Waals surface area contributed by atoms with E-state index in [1.165, 1.54) is 19.1 Å². The topological polar surface area (TPSA) is 66.4 Å². The summed E-state index contributed by atoms with van der Waals surface area (Å²) in [5.41, 5.74) is -1.25. The number of fused-ring (bicyclic) bond motifs is 1. The Morgan fingerprint density at radius 1 is 1.12 bits per heavy atom. The van der Waals surface area contributed by atoms with E-state index in [0.717, 1.165) is 0 Å². The molecule has 7 heteroatoms. The van der Waals surface area contributed by atoms with Crippen molar-refractivity contribution in [2.75, 3.05) is 5.32 Å². The fraction of sp³-hybridized carbons (Fsp3) is 0.176. The Kier molecular flexibility index (Phi) is 4.34. The third-order valence-electron chi connectivity index (χ3n) is 4.20. The van der Waals surface area contributed by atoms with E-state index in [0.29, 0.717) is 10.6 Å². The zero-order valence-corrected chi connectivity index (χ0v) is 14.7. The second kappa shape index (κ2) is 6.05. The van der Waals surface area contributed by atoms with Crippen molar-refractivity contribution in [3.05, 3.63) is 62.6 Å². The average Bonchev–Trinajstić information content (AvgIpc) is 2.80. The van der Waals surface area contributed by atoms with Crippen molar-refractivity contribution >= 4 is 52.2 Å². The Morgan fingerprint density at radius 2 is 1.75 bits per heavy atom. The highest BCUT2D eigenvalue weighted by atomic mass is 35.5. The van der Waals surface area contributed by atoms with Crippen LogP contribution in [0, 0.1) is 5.92 Å². The number of halogens is 3. The minimum Gasteiger partial charge on any atom is -0.375 e. The maximum absolute atomic E-state index is 12.7. The van der Waals surface area contributed by atoms with Crippen LogP contribution >= 0.6 is 34.8 Å². The van der Waals surface area contributed by atoms with E-state index in [9.17, 15) is 14.7 Å². The molecule has 1 amide bonds. The fourth-order valence-corrected chi connectivity index (χ4v) is 3.48. The van der Waals surface area contributed by atoms with E-state index in [2.05, 4.69) is 5.32 Å². The van der Waals surface area contributed by atoms with E-state index in [4.69, 9.17) is 34.8 Å². The van der Waals surface area contributed by atoms with Crippen molar-refractivity contribution in [1.82, 2.24) is 0 Å². The van der Waals surface area contributed by atoms with Crippen molar-refractivity contribution in [2.45, 2.75) is 12.5 Å². The van der Waals surface area contributed by atoms with Gasteiger partial charge in [0.25, 0.3) is 5.91 Å². The van der Waals surface area contributed by atoms with Gasteiger partial charge in [0.15, 0.2) is 11.4 Å². The van der Waals surface area contributed by atoms with Crippen molar-refractivity contribution in [2.24, 2.45) is 5.92 Å². The number of carbonyl (C=O) groups is 2. The number of Topliss-reactive ketones (excluding diaryl/α,β-unsaturated/α-hetero) is 1. The molecule has 4 nitrogen and oxygen atoms in total. The van der Waals surface area contributed by atoms with Crippen LogP contribution in [0.15, 0.2) is 36.4 Å². The van der Waals surface area contributed by atoms with Gasteiger partial charge in [-0.1, -0.05) is 41.7 Å². The van der Waals surface area contributed by atoms with Crippen molar-refractivity contribution in [3.8, 4) is 0 Å². The number of carbonyl (C=O) groups excluding carboxylic acids is 2. The molecule has 2 atom stereocenters. The quantitative estimate of drug-likeness (QED) is 0.775. The van der Waals surface area contributed by atoms with Crippen molar-refractivity contribution in [1.29, 1.82) is 0 Å². The molecule has 0 radical (unpaired) electrons. The molecule has 0 bridgehead atoms. The van der Waals surface area contributed by atoms with Crippen LogP contribution in [0.1, 0.15) is 22.8 Å². The van der Waals surface area contributed by atoms with Gasteiger partial charge in [0.2, 0.25) is 0 Å². The molecule has 0 spiro atoms. The Labute approximate surface area is 153 Å².